The monoisotopic (exact) mass is 306 g/mol. The minimum Gasteiger partial charge on any atom is -0.257 e. The summed E-state index contributed by atoms with van der Waals surface area (Å²) >= 11 is 9.91. The van der Waals surface area contributed by atoms with Crippen LogP contribution in [0.25, 0.3) is 0 Å². The van der Waals surface area contributed by atoms with Gasteiger partial charge in [-0.2, -0.15) is 5.10 Å². The highest BCUT2D eigenvalue weighted by atomic mass is 79.9. The third kappa shape index (κ3) is 3.77. The zero-order valence-corrected chi connectivity index (χ0v) is 12.8. The van der Waals surface area contributed by atoms with E-state index in [0.717, 1.165) is 29.6 Å². The van der Waals surface area contributed by atoms with E-state index in [1.807, 2.05) is 14.0 Å². The van der Waals surface area contributed by atoms with Crippen molar-refractivity contribution >= 4 is 27.5 Å². The van der Waals surface area contributed by atoms with Crippen molar-refractivity contribution in [2.45, 2.75) is 44.9 Å². The van der Waals surface area contributed by atoms with Crippen molar-refractivity contribution < 1.29 is 0 Å². The van der Waals surface area contributed by atoms with E-state index in [1.165, 1.54) is 12.0 Å². The summed E-state index contributed by atoms with van der Waals surface area (Å²) in [6.45, 7) is 6.51. The molecule has 1 rings (SSSR count). The second-order valence-electron chi connectivity index (χ2n) is 4.74. The molecule has 4 heteroatoms. The smallest absolute Gasteiger partial charge is 0.130 e. The number of hydrogen-bond acceptors (Lipinski definition) is 1. The van der Waals surface area contributed by atoms with E-state index in [4.69, 9.17) is 11.6 Å². The molecule has 1 unspecified atom stereocenters. The van der Waals surface area contributed by atoms with Crippen LogP contribution in [-0.4, -0.2) is 14.6 Å². The first-order chi connectivity index (χ1) is 7.41. The Morgan fingerprint density at radius 1 is 1.44 bits per heavy atom. The quantitative estimate of drug-likeness (QED) is 0.748. The molecule has 0 aliphatic heterocycles. The summed E-state index contributed by atoms with van der Waals surface area (Å²) < 4.78 is 1.75. The van der Waals surface area contributed by atoms with Gasteiger partial charge in [0.25, 0.3) is 0 Å². The summed E-state index contributed by atoms with van der Waals surface area (Å²) in [4.78, 5) is 0.572. The number of rotatable bonds is 5. The lowest BCUT2D eigenvalue weighted by atomic mass is 10.0. The molecule has 92 valence electrons. The van der Waals surface area contributed by atoms with Gasteiger partial charge in [-0.1, -0.05) is 41.4 Å². The maximum Gasteiger partial charge on any atom is 0.130 e. The van der Waals surface area contributed by atoms with Gasteiger partial charge in [0.2, 0.25) is 0 Å². The van der Waals surface area contributed by atoms with E-state index in [2.05, 4.69) is 34.9 Å². The van der Waals surface area contributed by atoms with E-state index in [1.54, 1.807) is 4.68 Å². The molecule has 1 heterocycles. The second-order valence-corrected chi connectivity index (χ2v) is 6.40. The van der Waals surface area contributed by atoms with Gasteiger partial charge in [-0.15, -0.1) is 0 Å². The molecule has 0 saturated heterocycles. The van der Waals surface area contributed by atoms with Gasteiger partial charge >= 0.3 is 0 Å². The zero-order chi connectivity index (χ0) is 12.3. The van der Waals surface area contributed by atoms with Crippen molar-refractivity contribution in [1.82, 2.24) is 9.78 Å². The number of hydrogen-bond donors (Lipinski definition) is 0. The number of aromatic nitrogens is 2. The van der Waals surface area contributed by atoms with Gasteiger partial charge in [0.15, 0.2) is 0 Å². The highest BCUT2D eigenvalue weighted by Gasteiger charge is 2.13. The summed E-state index contributed by atoms with van der Waals surface area (Å²) in [5, 5.41) is 5.10. The van der Waals surface area contributed by atoms with E-state index in [9.17, 15) is 0 Å². The Balaban J connectivity index is 2.54. The third-order valence-corrected chi connectivity index (χ3v) is 4.01. The molecule has 0 bridgehead atoms. The molecule has 0 amide bonds. The molecule has 0 aliphatic carbocycles. The zero-order valence-electron chi connectivity index (χ0n) is 10.4. The Hall–Kier alpha value is -0.0200. The fourth-order valence-electron chi connectivity index (χ4n) is 1.89. The molecular weight excluding hydrogens is 288 g/mol. The number of aryl methyl sites for hydroxylation is 2. The summed E-state index contributed by atoms with van der Waals surface area (Å²) in [7, 11) is 1.89. The van der Waals surface area contributed by atoms with E-state index >= 15 is 0 Å². The molecule has 16 heavy (non-hydrogen) atoms. The van der Waals surface area contributed by atoms with E-state index < -0.39 is 0 Å². The maximum absolute atomic E-state index is 6.19. The fourth-order valence-corrected chi connectivity index (χ4v) is 3.13. The van der Waals surface area contributed by atoms with Crippen molar-refractivity contribution in [3.05, 3.63) is 16.4 Å². The van der Waals surface area contributed by atoms with Gasteiger partial charge in [0.05, 0.1) is 5.69 Å². The van der Waals surface area contributed by atoms with Crippen molar-refractivity contribution in [3.63, 3.8) is 0 Å². The lowest BCUT2D eigenvalue weighted by Gasteiger charge is -2.11. The third-order valence-electron chi connectivity index (χ3n) is 2.70. The van der Waals surface area contributed by atoms with Crippen LogP contribution in [0.2, 0.25) is 5.15 Å². The largest absolute Gasteiger partial charge is 0.257 e. The SMILES string of the molecule is Cc1nn(C)c(Cl)c1CCC(Br)CC(C)C. The molecule has 1 aromatic heterocycles. The Morgan fingerprint density at radius 3 is 2.50 bits per heavy atom. The molecule has 0 spiro atoms. The van der Waals surface area contributed by atoms with Gasteiger partial charge in [-0.25, -0.2) is 0 Å². The van der Waals surface area contributed by atoms with Crippen LogP contribution in [0.1, 0.15) is 37.9 Å². The summed E-state index contributed by atoms with van der Waals surface area (Å²) in [5.74, 6) is 0.731. The van der Waals surface area contributed by atoms with Crippen LogP contribution in [0.3, 0.4) is 0 Å². The molecule has 2 nitrogen and oxygen atoms in total. The minimum atomic E-state index is 0.572. The average molecular weight is 308 g/mol. The Kier molecular flexibility index (Phi) is 5.32. The predicted molar refractivity (Wildman–Crippen MR) is 73.4 cm³/mol. The van der Waals surface area contributed by atoms with Gasteiger partial charge in [-0.05, 0) is 32.1 Å². The molecule has 1 atom stereocenters. The van der Waals surface area contributed by atoms with Crippen molar-refractivity contribution in [2.75, 3.05) is 0 Å². The first-order valence-corrected chi connectivity index (χ1v) is 7.03. The molecule has 0 saturated carbocycles. The molecule has 0 aliphatic rings. The topological polar surface area (TPSA) is 17.8 Å². The highest BCUT2D eigenvalue weighted by molar-refractivity contribution is 9.09. The lowest BCUT2D eigenvalue weighted by Crippen LogP contribution is -2.04. The molecular formula is C12H20BrClN2. The van der Waals surface area contributed by atoms with Crippen LogP contribution in [0.15, 0.2) is 0 Å². The fraction of sp³-hybridized carbons (Fsp3) is 0.750. The molecule has 1 aromatic rings. The van der Waals surface area contributed by atoms with Crippen molar-refractivity contribution in [2.24, 2.45) is 13.0 Å². The molecule has 0 aromatic carbocycles. The molecule has 0 N–H and O–H groups in total. The lowest BCUT2D eigenvalue weighted by molar-refractivity contribution is 0.554. The predicted octanol–water partition coefficient (Wildman–Crippen LogP) is 4.12. The van der Waals surface area contributed by atoms with E-state index in [-0.39, 0.29) is 0 Å². The standard InChI is InChI=1S/C12H20BrClN2/c1-8(2)7-10(13)5-6-11-9(3)15-16(4)12(11)14/h8,10H,5-7H2,1-4H3. The number of halogens is 2. The van der Waals surface area contributed by atoms with Crippen LogP contribution in [-0.2, 0) is 13.5 Å². The Morgan fingerprint density at radius 2 is 2.06 bits per heavy atom. The Labute approximate surface area is 111 Å². The number of alkyl halides is 1. The van der Waals surface area contributed by atoms with Gasteiger partial charge < -0.3 is 0 Å². The van der Waals surface area contributed by atoms with Gasteiger partial charge in [-0.3, -0.25) is 4.68 Å². The Bertz CT molecular complexity index is 347. The highest BCUT2D eigenvalue weighted by Crippen LogP contribution is 2.24. The minimum absolute atomic E-state index is 0.572. The summed E-state index contributed by atoms with van der Waals surface area (Å²) in [6.07, 6.45) is 3.32. The van der Waals surface area contributed by atoms with Crippen LogP contribution >= 0.6 is 27.5 Å². The summed E-state index contributed by atoms with van der Waals surface area (Å²) in [5.41, 5.74) is 2.24. The first-order valence-electron chi connectivity index (χ1n) is 5.73. The van der Waals surface area contributed by atoms with Crippen LogP contribution < -0.4 is 0 Å². The summed E-state index contributed by atoms with van der Waals surface area (Å²) in [6, 6.07) is 0. The van der Waals surface area contributed by atoms with E-state index in [0.29, 0.717) is 4.83 Å². The first kappa shape index (κ1) is 14.0. The number of nitrogens with zero attached hydrogens (tertiary/aromatic N) is 2. The average Bonchev–Trinajstić information content (AvgIpc) is 2.38. The van der Waals surface area contributed by atoms with Crippen LogP contribution in [0.5, 0.6) is 0 Å². The second kappa shape index (κ2) is 6.06. The van der Waals surface area contributed by atoms with Gasteiger partial charge in [0.1, 0.15) is 5.15 Å². The molecule has 0 radical (unpaired) electrons. The maximum atomic E-state index is 6.19. The van der Waals surface area contributed by atoms with Crippen molar-refractivity contribution in [3.8, 4) is 0 Å². The van der Waals surface area contributed by atoms with Crippen LogP contribution in [0.4, 0.5) is 0 Å². The normalized spacial score (nSPS) is 13.4. The van der Waals surface area contributed by atoms with Crippen LogP contribution in [0, 0.1) is 12.8 Å². The van der Waals surface area contributed by atoms with Crippen molar-refractivity contribution in [1.29, 1.82) is 0 Å². The van der Waals surface area contributed by atoms with Gasteiger partial charge in [0, 0.05) is 17.4 Å². The molecule has 0 fully saturated rings.